The quantitative estimate of drug-likeness (QED) is 0.650. The Morgan fingerprint density at radius 1 is 1.35 bits per heavy atom. The second-order valence-electron chi connectivity index (χ2n) is 3.97. The molecule has 1 aromatic heterocycles. The first-order valence-electron chi connectivity index (χ1n) is 5.89. The summed E-state index contributed by atoms with van der Waals surface area (Å²) in [5.41, 5.74) is 1.89. The number of rotatable bonds is 5. The van der Waals surface area contributed by atoms with Gasteiger partial charge >= 0.3 is 0 Å². The van der Waals surface area contributed by atoms with Gasteiger partial charge in [0.1, 0.15) is 17.5 Å². The minimum absolute atomic E-state index is 0.247. The zero-order chi connectivity index (χ0) is 14.4. The summed E-state index contributed by atoms with van der Waals surface area (Å²) in [5, 5.41) is 3.73. The van der Waals surface area contributed by atoms with Crippen LogP contribution < -0.4 is 10.1 Å². The molecule has 0 radical (unpaired) electrons. The molecule has 0 spiro atoms. The van der Waals surface area contributed by atoms with E-state index in [2.05, 4.69) is 32.2 Å². The highest BCUT2D eigenvalue weighted by Gasteiger charge is 2.05. The minimum Gasteiger partial charge on any atom is -0.481 e. The van der Waals surface area contributed by atoms with Crippen molar-refractivity contribution in [1.82, 2.24) is 4.98 Å². The van der Waals surface area contributed by atoms with E-state index >= 15 is 0 Å². The fraction of sp³-hybridized carbons (Fsp3) is 0.133. The van der Waals surface area contributed by atoms with Gasteiger partial charge < -0.3 is 10.1 Å². The fourth-order valence-electron chi connectivity index (χ4n) is 1.62. The van der Waals surface area contributed by atoms with Gasteiger partial charge in [0.2, 0.25) is 0 Å². The highest BCUT2D eigenvalue weighted by Crippen LogP contribution is 2.24. The lowest BCUT2D eigenvalue weighted by Crippen LogP contribution is -2.04. The zero-order valence-corrected chi connectivity index (χ0v) is 12.9. The number of hydrogen-bond acceptors (Lipinski definition) is 3. The van der Waals surface area contributed by atoms with E-state index in [1.54, 1.807) is 12.3 Å². The summed E-state index contributed by atoms with van der Waals surface area (Å²) in [6.07, 6.45) is 6.90. The topological polar surface area (TPSA) is 34.1 Å². The van der Waals surface area contributed by atoms with Crippen LogP contribution in [0.2, 0.25) is 5.15 Å². The summed E-state index contributed by atoms with van der Waals surface area (Å²) in [4.78, 5) is 4.02. The van der Waals surface area contributed by atoms with Crippen molar-refractivity contribution in [2.75, 3.05) is 11.9 Å². The summed E-state index contributed by atoms with van der Waals surface area (Å²) < 4.78 is 6.50. The monoisotopic (exact) mass is 350 g/mol. The van der Waals surface area contributed by atoms with Gasteiger partial charge in [-0.2, -0.15) is 0 Å². The van der Waals surface area contributed by atoms with Gasteiger partial charge in [-0.05, 0) is 30.3 Å². The molecule has 0 fully saturated rings. The molecule has 0 aliphatic heterocycles. The molecule has 0 atom stereocenters. The molecule has 20 heavy (non-hydrogen) atoms. The van der Waals surface area contributed by atoms with E-state index < -0.39 is 0 Å². The van der Waals surface area contributed by atoms with E-state index in [1.165, 1.54) is 0 Å². The van der Waals surface area contributed by atoms with Gasteiger partial charge in [-0.25, -0.2) is 4.98 Å². The molecule has 0 amide bonds. The molecule has 1 heterocycles. The number of benzene rings is 1. The van der Waals surface area contributed by atoms with Gasteiger partial charge in [-0.3, -0.25) is 0 Å². The number of nitrogens with one attached hydrogen (secondary N) is 1. The van der Waals surface area contributed by atoms with Crippen LogP contribution in [0.1, 0.15) is 5.56 Å². The molecule has 102 valence electrons. The predicted octanol–water partition coefficient (Wildman–Crippen LogP) is 4.12. The SMILES string of the molecule is C#CCOc1ccc(Br)cc1CNc1ccc(Cl)nc1. The fourth-order valence-corrected chi connectivity index (χ4v) is 2.14. The lowest BCUT2D eigenvalue weighted by Gasteiger charge is -2.12. The van der Waals surface area contributed by atoms with Crippen LogP contribution in [0.15, 0.2) is 41.0 Å². The smallest absolute Gasteiger partial charge is 0.148 e. The maximum absolute atomic E-state index is 5.75. The van der Waals surface area contributed by atoms with Crippen molar-refractivity contribution >= 4 is 33.2 Å². The van der Waals surface area contributed by atoms with Gasteiger partial charge in [0.05, 0.1) is 11.9 Å². The lowest BCUT2D eigenvalue weighted by atomic mass is 10.2. The van der Waals surface area contributed by atoms with E-state index in [-0.39, 0.29) is 6.61 Å². The van der Waals surface area contributed by atoms with Crippen LogP contribution in [0.3, 0.4) is 0 Å². The van der Waals surface area contributed by atoms with Crippen molar-refractivity contribution in [3.8, 4) is 18.1 Å². The Kier molecular flexibility index (Phi) is 5.28. The molecule has 1 aromatic carbocycles. The molecule has 0 aliphatic rings. The molecule has 5 heteroatoms. The Balaban J connectivity index is 2.09. The van der Waals surface area contributed by atoms with Crippen molar-refractivity contribution in [2.24, 2.45) is 0 Å². The van der Waals surface area contributed by atoms with Gasteiger partial charge in [0.15, 0.2) is 0 Å². The van der Waals surface area contributed by atoms with Gasteiger partial charge in [-0.1, -0.05) is 33.5 Å². The van der Waals surface area contributed by atoms with Gasteiger partial charge in [0.25, 0.3) is 0 Å². The Labute approximate surface area is 131 Å². The molecular formula is C15H12BrClN2O. The molecule has 2 aromatic rings. The van der Waals surface area contributed by atoms with Crippen LogP contribution in [-0.4, -0.2) is 11.6 Å². The average molecular weight is 352 g/mol. The molecule has 0 unspecified atom stereocenters. The summed E-state index contributed by atoms with van der Waals surface area (Å²) in [6, 6.07) is 9.40. The molecule has 3 nitrogen and oxygen atoms in total. The van der Waals surface area contributed by atoms with Crippen LogP contribution in [0.4, 0.5) is 5.69 Å². The maximum atomic E-state index is 5.75. The van der Waals surface area contributed by atoms with Crippen molar-refractivity contribution < 1.29 is 4.74 Å². The molecular weight excluding hydrogens is 340 g/mol. The average Bonchev–Trinajstić information content (AvgIpc) is 2.46. The number of halogens is 2. The zero-order valence-electron chi connectivity index (χ0n) is 10.6. The molecule has 0 saturated carbocycles. The second kappa shape index (κ2) is 7.18. The molecule has 0 aliphatic carbocycles. The van der Waals surface area contributed by atoms with Crippen molar-refractivity contribution in [3.05, 3.63) is 51.7 Å². The van der Waals surface area contributed by atoms with E-state index in [4.69, 9.17) is 22.8 Å². The second-order valence-corrected chi connectivity index (χ2v) is 5.27. The normalized spacial score (nSPS) is 9.85. The Morgan fingerprint density at radius 2 is 2.20 bits per heavy atom. The van der Waals surface area contributed by atoms with E-state index in [1.807, 2.05) is 24.3 Å². The van der Waals surface area contributed by atoms with Crippen LogP contribution in [-0.2, 0) is 6.54 Å². The Hall–Kier alpha value is -1.70. The molecule has 0 bridgehead atoms. The number of ether oxygens (including phenoxy) is 1. The summed E-state index contributed by atoms with van der Waals surface area (Å²) in [6.45, 7) is 0.847. The Morgan fingerprint density at radius 3 is 2.90 bits per heavy atom. The number of aromatic nitrogens is 1. The Bertz CT molecular complexity index is 623. The van der Waals surface area contributed by atoms with E-state index in [9.17, 15) is 0 Å². The lowest BCUT2D eigenvalue weighted by molar-refractivity contribution is 0.366. The van der Waals surface area contributed by atoms with Crippen LogP contribution >= 0.6 is 27.5 Å². The third-order valence-corrected chi connectivity index (χ3v) is 3.26. The largest absolute Gasteiger partial charge is 0.481 e. The third-order valence-electron chi connectivity index (χ3n) is 2.54. The van der Waals surface area contributed by atoms with Gasteiger partial charge in [0, 0.05) is 16.6 Å². The van der Waals surface area contributed by atoms with Crippen LogP contribution in [0.5, 0.6) is 5.75 Å². The molecule has 1 N–H and O–H groups in total. The molecule has 2 rings (SSSR count). The number of pyridine rings is 1. The first kappa shape index (κ1) is 14.7. The summed E-state index contributed by atoms with van der Waals surface area (Å²) >= 11 is 9.19. The number of nitrogens with zero attached hydrogens (tertiary/aromatic N) is 1. The van der Waals surface area contributed by atoms with Crippen molar-refractivity contribution in [3.63, 3.8) is 0 Å². The minimum atomic E-state index is 0.247. The summed E-state index contributed by atoms with van der Waals surface area (Å²) in [7, 11) is 0. The van der Waals surface area contributed by atoms with Gasteiger partial charge in [-0.15, -0.1) is 6.42 Å². The highest BCUT2D eigenvalue weighted by atomic mass is 79.9. The first-order chi connectivity index (χ1) is 9.69. The highest BCUT2D eigenvalue weighted by molar-refractivity contribution is 9.10. The van der Waals surface area contributed by atoms with Crippen LogP contribution in [0.25, 0.3) is 0 Å². The maximum Gasteiger partial charge on any atom is 0.148 e. The van der Waals surface area contributed by atoms with E-state index in [0.717, 1.165) is 21.5 Å². The van der Waals surface area contributed by atoms with Crippen molar-refractivity contribution in [2.45, 2.75) is 6.54 Å². The van der Waals surface area contributed by atoms with E-state index in [0.29, 0.717) is 11.7 Å². The molecule has 0 saturated heterocycles. The number of anilines is 1. The summed E-state index contributed by atoms with van der Waals surface area (Å²) in [5.74, 6) is 3.22. The number of terminal acetylenes is 1. The van der Waals surface area contributed by atoms with Crippen LogP contribution in [0, 0.1) is 12.3 Å². The van der Waals surface area contributed by atoms with Crippen molar-refractivity contribution in [1.29, 1.82) is 0 Å². The third kappa shape index (κ3) is 4.16. The first-order valence-corrected chi connectivity index (χ1v) is 7.06. The standard InChI is InChI=1S/C15H12BrClN2O/c1-2-7-20-14-5-3-12(16)8-11(14)9-18-13-4-6-15(17)19-10-13/h1,3-6,8,10,18H,7,9H2. The number of hydrogen-bond donors (Lipinski definition) is 1. The predicted molar refractivity (Wildman–Crippen MR) is 85.0 cm³/mol.